The minimum Gasteiger partial charge on any atom is -0.342 e. The topological polar surface area (TPSA) is 20.3 Å². The number of likely N-dealkylation sites (tertiary alicyclic amines) is 1. The summed E-state index contributed by atoms with van der Waals surface area (Å²) >= 11 is 4.31. The maximum Gasteiger partial charge on any atom is 0.225 e. The van der Waals surface area contributed by atoms with Crippen LogP contribution in [0.15, 0.2) is 0 Å². The molecule has 0 aliphatic carbocycles. The van der Waals surface area contributed by atoms with Crippen LogP contribution in [0.2, 0.25) is 0 Å². The molecule has 0 aromatic carbocycles. The van der Waals surface area contributed by atoms with Crippen LogP contribution in [0.4, 0.5) is 0 Å². The molecule has 1 heterocycles. The van der Waals surface area contributed by atoms with E-state index in [0.717, 1.165) is 31.7 Å². The molecule has 2 nitrogen and oxygen atoms in total. The summed E-state index contributed by atoms with van der Waals surface area (Å²) in [4.78, 5) is 13.8. The third kappa shape index (κ3) is 2.91. The Balaban J connectivity index is 2.55. The van der Waals surface area contributed by atoms with Crippen molar-refractivity contribution in [2.24, 2.45) is 11.3 Å². The van der Waals surface area contributed by atoms with Crippen molar-refractivity contribution in [1.29, 1.82) is 0 Å². The third-order valence-corrected chi connectivity index (χ3v) is 3.70. The number of piperidine rings is 1. The number of hydrogen-bond acceptors (Lipinski definition) is 2. The van der Waals surface area contributed by atoms with Crippen molar-refractivity contribution in [1.82, 2.24) is 4.90 Å². The first-order valence-electron chi connectivity index (χ1n) is 5.36. The Morgan fingerprint density at radius 2 is 2.21 bits per heavy atom. The van der Waals surface area contributed by atoms with E-state index in [2.05, 4.69) is 26.5 Å². The second kappa shape index (κ2) is 4.56. The second-order valence-corrected chi connectivity index (χ2v) is 5.44. The Morgan fingerprint density at radius 1 is 1.57 bits per heavy atom. The van der Waals surface area contributed by atoms with Crippen LogP contribution in [0.25, 0.3) is 0 Å². The fourth-order valence-electron chi connectivity index (χ4n) is 1.86. The molecule has 1 saturated heterocycles. The van der Waals surface area contributed by atoms with Crippen LogP contribution in [0.3, 0.4) is 0 Å². The molecule has 1 rings (SSSR count). The summed E-state index contributed by atoms with van der Waals surface area (Å²) in [7, 11) is 0. The Morgan fingerprint density at radius 3 is 2.79 bits per heavy atom. The zero-order valence-electron chi connectivity index (χ0n) is 9.42. The molecule has 1 amide bonds. The van der Waals surface area contributed by atoms with E-state index < -0.39 is 0 Å². The number of nitrogens with zero attached hydrogens (tertiary/aromatic N) is 1. The van der Waals surface area contributed by atoms with Gasteiger partial charge in [0.25, 0.3) is 0 Å². The third-order valence-electron chi connectivity index (χ3n) is 2.85. The summed E-state index contributed by atoms with van der Waals surface area (Å²) < 4.78 is 0. The lowest BCUT2D eigenvalue weighted by molar-refractivity contribution is -0.139. The van der Waals surface area contributed by atoms with Crippen molar-refractivity contribution in [3.8, 4) is 0 Å². The molecule has 1 aliphatic rings. The van der Waals surface area contributed by atoms with Crippen LogP contribution >= 0.6 is 12.6 Å². The number of thiol groups is 1. The maximum absolute atomic E-state index is 11.8. The second-order valence-electron chi connectivity index (χ2n) is 5.13. The molecule has 14 heavy (non-hydrogen) atoms. The molecule has 0 bridgehead atoms. The average molecular weight is 215 g/mol. The lowest BCUT2D eigenvalue weighted by Crippen LogP contribution is -2.45. The van der Waals surface area contributed by atoms with Gasteiger partial charge < -0.3 is 4.90 Å². The predicted molar refractivity (Wildman–Crippen MR) is 62.6 cm³/mol. The summed E-state index contributed by atoms with van der Waals surface area (Å²) in [5, 5.41) is 0. The molecule has 0 saturated carbocycles. The van der Waals surface area contributed by atoms with Gasteiger partial charge in [-0.3, -0.25) is 4.79 Å². The Kier molecular flexibility index (Phi) is 3.87. The van der Waals surface area contributed by atoms with Gasteiger partial charge in [0.15, 0.2) is 0 Å². The highest BCUT2D eigenvalue weighted by Gasteiger charge is 2.29. The number of amides is 1. The SMILES string of the molecule is CC1CCCN(CC(C)(C)CS)C1=O. The average Bonchev–Trinajstić information content (AvgIpc) is 2.13. The fourth-order valence-corrected chi connectivity index (χ4v) is 1.96. The standard InChI is InChI=1S/C11H21NOS/c1-9-5-4-6-12(10(9)13)7-11(2,3)8-14/h9,14H,4-8H2,1-3H3. The van der Waals surface area contributed by atoms with E-state index in [-0.39, 0.29) is 11.3 Å². The van der Waals surface area contributed by atoms with Gasteiger partial charge in [0.05, 0.1) is 0 Å². The Hall–Kier alpha value is -0.180. The summed E-state index contributed by atoms with van der Waals surface area (Å²) in [6.07, 6.45) is 2.20. The minimum atomic E-state index is 0.135. The van der Waals surface area contributed by atoms with Crippen molar-refractivity contribution in [2.45, 2.75) is 33.6 Å². The molecular formula is C11H21NOS. The minimum absolute atomic E-state index is 0.135. The molecule has 1 aliphatic heterocycles. The molecule has 82 valence electrons. The largest absolute Gasteiger partial charge is 0.342 e. The van der Waals surface area contributed by atoms with E-state index in [0.29, 0.717) is 5.91 Å². The summed E-state index contributed by atoms with van der Waals surface area (Å²) in [5.41, 5.74) is 0.135. The summed E-state index contributed by atoms with van der Waals surface area (Å²) in [6, 6.07) is 0. The van der Waals surface area contributed by atoms with E-state index in [9.17, 15) is 4.79 Å². The predicted octanol–water partition coefficient (Wildman–Crippen LogP) is 2.20. The van der Waals surface area contributed by atoms with Crippen LogP contribution in [-0.2, 0) is 4.79 Å². The highest BCUT2D eigenvalue weighted by atomic mass is 32.1. The van der Waals surface area contributed by atoms with Gasteiger partial charge in [0, 0.05) is 19.0 Å². The number of carbonyl (C=O) groups is 1. The van der Waals surface area contributed by atoms with Crippen LogP contribution in [0.1, 0.15) is 33.6 Å². The van der Waals surface area contributed by atoms with Gasteiger partial charge in [-0.05, 0) is 24.0 Å². The molecule has 0 radical (unpaired) electrons. The van der Waals surface area contributed by atoms with Gasteiger partial charge >= 0.3 is 0 Å². The van der Waals surface area contributed by atoms with E-state index >= 15 is 0 Å². The fraction of sp³-hybridized carbons (Fsp3) is 0.909. The zero-order chi connectivity index (χ0) is 10.8. The van der Waals surface area contributed by atoms with E-state index in [1.807, 2.05) is 11.8 Å². The van der Waals surface area contributed by atoms with E-state index in [1.54, 1.807) is 0 Å². The van der Waals surface area contributed by atoms with Crippen LogP contribution in [0, 0.1) is 11.3 Å². The molecule has 0 aromatic heterocycles. The number of carbonyl (C=O) groups excluding carboxylic acids is 1. The smallest absolute Gasteiger partial charge is 0.225 e. The quantitative estimate of drug-likeness (QED) is 0.716. The molecule has 1 fully saturated rings. The van der Waals surface area contributed by atoms with Crippen LogP contribution < -0.4 is 0 Å². The monoisotopic (exact) mass is 215 g/mol. The molecule has 1 unspecified atom stereocenters. The first kappa shape index (κ1) is 11.9. The van der Waals surface area contributed by atoms with E-state index in [1.165, 1.54) is 0 Å². The first-order chi connectivity index (χ1) is 6.46. The molecule has 0 spiro atoms. The van der Waals surface area contributed by atoms with Gasteiger partial charge in [-0.2, -0.15) is 12.6 Å². The molecule has 1 atom stereocenters. The number of hydrogen-bond donors (Lipinski definition) is 1. The highest BCUT2D eigenvalue weighted by Crippen LogP contribution is 2.23. The van der Waals surface area contributed by atoms with Crippen molar-refractivity contribution in [3.63, 3.8) is 0 Å². The van der Waals surface area contributed by atoms with Crippen LogP contribution in [0.5, 0.6) is 0 Å². The highest BCUT2D eigenvalue weighted by molar-refractivity contribution is 7.80. The summed E-state index contributed by atoms with van der Waals surface area (Å²) in [5.74, 6) is 1.37. The lowest BCUT2D eigenvalue weighted by Gasteiger charge is -2.36. The summed E-state index contributed by atoms with van der Waals surface area (Å²) in [6.45, 7) is 8.13. The Bertz CT molecular complexity index is 215. The molecule has 0 aromatic rings. The Labute approximate surface area is 92.5 Å². The van der Waals surface area contributed by atoms with Gasteiger partial charge in [-0.15, -0.1) is 0 Å². The molecular weight excluding hydrogens is 194 g/mol. The van der Waals surface area contributed by atoms with Gasteiger partial charge in [0.2, 0.25) is 5.91 Å². The van der Waals surface area contributed by atoms with Crippen molar-refractivity contribution in [2.75, 3.05) is 18.8 Å². The number of rotatable bonds is 3. The van der Waals surface area contributed by atoms with Gasteiger partial charge in [0.1, 0.15) is 0 Å². The van der Waals surface area contributed by atoms with Crippen molar-refractivity contribution >= 4 is 18.5 Å². The normalized spacial score (nSPS) is 24.1. The van der Waals surface area contributed by atoms with Gasteiger partial charge in [-0.1, -0.05) is 20.8 Å². The van der Waals surface area contributed by atoms with Crippen molar-refractivity contribution < 1.29 is 4.79 Å². The molecule has 3 heteroatoms. The lowest BCUT2D eigenvalue weighted by atomic mass is 9.92. The van der Waals surface area contributed by atoms with E-state index in [4.69, 9.17) is 0 Å². The molecule has 0 N–H and O–H groups in total. The van der Waals surface area contributed by atoms with Gasteiger partial charge in [-0.25, -0.2) is 0 Å². The maximum atomic E-state index is 11.8. The zero-order valence-corrected chi connectivity index (χ0v) is 10.3. The van der Waals surface area contributed by atoms with Crippen molar-refractivity contribution in [3.05, 3.63) is 0 Å². The van der Waals surface area contributed by atoms with Crippen LogP contribution in [-0.4, -0.2) is 29.6 Å². The first-order valence-corrected chi connectivity index (χ1v) is 5.99.